The average molecular weight is 490 g/mol. The van der Waals surface area contributed by atoms with Crippen LogP contribution in [0, 0.1) is 5.41 Å². The van der Waals surface area contributed by atoms with E-state index in [9.17, 15) is 19.5 Å². The molecule has 0 radical (unpaired) electrons. The zero-order valence-corrected chi connectivity index (χ0v) is 20.8. The zero-order chi connectivity index (χ0) is 24.6. The lowest BCUT2D eigenvalue weighted by atomic mass is 9.83. The number of fused-ring (bicyclic) bond motifs is 2. The van der Waals surface area contributed by atoms with E-state index in [0.29, 0.717) is 18.6 Å². The molecule has 9 nitrogen and oxygen atoms in total. The summed E-state index contributed by atoms with van der Waals surface area (Å²) in [5.41, 5.74) is 7.41. The Hall–Kier alpha value is -2.30. The van der Waals surface area contributed by atoms with Gasteiger partial charge >= 0.3 is 0 Å². The second-order valence-corrected chi connectivity index (χ2v) is 11.4. The predicted molar refractivity (Wildman–Crippen MR) is 131 cm³/mol. The van der Waals surface area contributed by atoms with E-state index < -0.39 is 29.6 Å². The van der Waals surface area contributed by atoms with Gasteiger partial charge in [-0.1, -0.05) is 19.9 Å². The first-order valence-corrected chi connectivity index (χ1v) is 13.0. The van der Waals surface area contributed by atoms with Crippen LogP contribution < -0.4 is 21.7 Å². The number of phenolic OH excluding ortho intramolecular Hbond substituents is 1. The number of rotatable bonds is 5. The van der Waals surface area contributed by atoms with Gasteiger partial charge in [-0.05, 0) is 73.6 Å². The minimum Gasteiger partial charge on any atom is -0.508 e. The number of likely N-dealkylation sites (N-methyl/N-ethyl adjacent to an activating group) is 1. The number of carbonyl (C=O) groups excluding carboxylic acids is 3. The van der Waals surface area contributed by atoms with E-state index in [-0.39, 0.29) is 29.0 Å². The van der Waals surface area contributed by atoms with E-state index in [1.54, 1.807) is 35.8 Å². The number of hydrogen-bond acceptors (Lipinski definition) is 7. The summed E-state index contributed by atoms with van der Waals surface area (Å²) in [5, 5.41) is 18.4. The first kappa shape index (κ1) is 24.8. The first-order valence-electron chi connectivity index (χ1n) is 11.9. The number of thioether (sulfide) groups is 1. The summed E-state index contributed by atoms with van der Waals surface area (Å²) in [7, 11) is 1.58. The van der Waals surface area contributed by atoms with Gasteiger partial charge in [0.05, 0.1) is 11.4 Å². The molecule has 10 heteroatoms. The molecule has 2 aliphatic heterocycles. The summed E-state index contributed by atoms with van der Waals surface area (Å²) < 4.78 is 0. The van der Waals surface area contributed by atoms with Crippen molar-refractivity contribution in [1.82, 2.24) is 20.9 Å². The summed E-state index contributed by atoms with van der Waals surface area (Å²) in [6, 6.07) is 3.77. The molecule has 186 valence electrons. The van der Waals surface area contributed by atoms with Crippen LogP contribution >= 0.6 is 11.8 Å². The van der Waals surface area contributed by atoms with Crippen molar-refractivity contribution in [3.8, 4) is 5.75 Å². The van der Waals surface area contributed by atoms with Crippen LogP contribution in [0.15, 0.2) is 18.2 Å². The van der Waals surface area contributed by atoms with Crippen molar-refractivity contribution in [3.05, 3.63) is 29.3 Å². The van der Waals surface area contributed by atoms with Crippen molar-refractivity contribution in [3.63, 3.8) is 0 Å². The maximum Gasteiger partial charge on any atom is 0.252 e. The summed E-state index contributed by atoms with van der Waals surface area (Å²) in [5.74, 6) is 0.0866. The van der Waals surface area contributed by atoms with Crippen LogP contribution in [-0.2, 0) is 20.8 Å². The molecular weight excluding hydrogens is 454 g/mol. The van der Waals surface area contributed by atoms with Gasteiger partial charge in [-0.15, -0.1) is 11.8 Å². The van der Waals surface area contributed by atoms with Crippen molar-refractivity contribution in [2.75, 3.05) is 12.8 Å². The van der Waals surface area contributed by atoms with Crippen LogP contribution in [0.5, 0.6) is 5.75 Å². The Morgan fingerprint density at radius 2 is 2.00 bits per heavy atom. The zero-order valence-electron chi connectivity index (χ0n) is 20.0. The van der Waals surface area contributed by atoms with Crippen LogP contribution in [0.25, 0.3) is 0 Å². The fourth-order valence-electron chi connectivity index (χ4n) is 5.45. The molecule has 1 aromatic carbocycles. The number of nitrogens with zero attached hydrogens (tertiary/aromatic N) is 1. The summed E-state index contributed by atoms with van der Waals surface area (Å²) >= 11 is 1.66. The summed E-state index contributed by atoms with van der Waals surface area (Å²) in [6.07, 6.45) is 2.88. The van der Waals surface area contributed by atoms with E-state index >= 15 is 0 Å². The lowest BCUT2D eigenvalue weighted by Gasteiger charge is -2.36. The largest absolute Gasteiger partial charge is 0.508 e. The smallest absolute Gasteiger partial charge is 0.252 e. The Bertz CT molecular complexity index is 971. The third-order valence-electron chi connectivity index (χ3n) is 7.21. The Labute approximate surface area is 204 Å². The number of nitrogens with two attached hydrogens (primary N) is 1. The van der Waals surface area contributed by atoms with Crippen LogP contribution in [-0.4, -0.2) is 64.2 Å². The maximum absolute atomic E-state index is 13.7. The van der Waals surface area contributed by atoms with Gasteiger partial charge in [-0.25, -0.2) is 0 Å². The fourth-order valence-corrected chi connectivity index (χ4v) is 7.02. The normalized spacial score (nSPS) is 28.9. The highest BCUT2D eigenvalue weighted by molar-refractivity contribution is 7.99. The molecule has 0 spiro atoms. The van der Waals surface area contributed by atoms with E-state index in [1.807, 2.05) is 19.9 Å². The van der Waals surface area contributed by atoms with Crippen molar-refractivity contribution < 1.29 is 19.5 Å². The minimum absolute atomic E-state index is 0.117. The Kier molecular flexibility index (Phi) is 7.12. The van der Waals surface area contributed by atoms with Gasteiger partial charge in [0.2, 0.25) is 11.8 Å². The minimum atomic E-state index is -0.903. The van der Waals surface area contributed by atoms with Gasteiger partial charge < -0.3 is 26.4 Å². The monoisotopic (exact) mass is 489 g/mol. The van der Waals surface area contributed by atoms with Crippen LogP contribution in [0.1, 0.15) is 56.7 Å². The number of carbonyl (C=O) groups is 3. The summed E-state index contributed by atoms with van der Waals surface area (Å²) in [6.45, 7) is 4.05. The Morgan fingerprint density at radius 3 is 2.74 bits per heavy atom. The lowest BCUT2D eigenvalue weighted by Crippen LogP contribution is -2.59. The van der Waals surface area contributed by atoms with Crippen molar-refractivity contribution >= 4 is 29.5 Å². The van der Waals surface area contributed by atoms with E-state index in [2.05, 4.69) is 16.0 Å². The molecule has 2 saturated heterocycles. The molecule has 0 aromatic heterocycles. The molecule has 1 aliphatic carbocycles. The Morgan fingerprint density at radius 1 is 1.24 bits per heavy atom. The van der Waals surface area contributed by atoms with E-state index in [4.69, 9.17) is 5.73 Å². The number of aromatic hydroxyl groups is 1. The van der Waals surface area contributed by atoms with Crippen LogP contribution in [0.4, 0.5) is 0 Å². The molecule has 3 amide bonds. The topological polar surface area (TPSA) is 137 Å². The third-order valence-corrected chi connectivity index (χ3v) is 8.46. The number of hydrogen-bond donors (Lipinski definition) is 5. The van der Waals surface area contributed by atoms with Crippen molar-refractivity contribution in [1.29, 1.82) is 0 Å². The van der Waals surface area contributed by atoms with Gasteiger partial charge in [-0.3, -0.25) is 19.7 Å². The SMILES string of the molecule is CN[C@@H](N)C(=O)N[C@H]1CCS[C@H]2CC(C)(C)[C@@H](C(=O)N[C@@H]3CCCc4cc(O)ccc43)N2C1=O. The molecule has 34 heavy (non-hydrogen) atoms. The van der Waals surface area contributed by atoms with Crippen LogP contribution in [0.2, 0.25) is 0 Å². The van der Waals surface area contributed by atoms with Crippen molar-refractivity contribution in [2.24, 2.45) is 11.1 Å². The molecular formula is C24H35N5O4S. The molecule has 0 saturated carbocycles. The predicted octanol–water partition coefficient (Wildman–Crippen LogP) is 0.965. The number of amides is 3. The van der Waals surface area contributed by atoms with E-state index in [1.165, 1.54) is 0 Å². The number of benzene rings is 1. The Balaban J connectivity index is 1.56. The molecule has 3 aliphatic rings. The van der Waals surface area contributed by atoms with Crippen LogP contribution in [0.3, 0.4) is 0 Å². The van der Waals surface area contributed by atoms with E-state index in [0.717, 1.165) is 30.4 Å². The quantitative estimate of drug-likeness (QED) is 0.389. The van der Waals surface area contributed by atoms with Gasteiger partial charge in [-0.2, -0.15) is 0 Å². The molecule has 5 atom stereocenters. The third kappa shape index (κ3) is 4.76. The lowest BCUT2D eigenvalue weighted by molar-refractivity contribution is -0.144. The molecule has 1 aromatic rings. The average Bonchev–Trinajstić information content (AvgIpc) is 2.98. The fraction of sp³-hybridized carbons (Fsp3) is 0.625. The van der Waals surface area contributed by atoms with Gasteiger partial charge in [0.25, 0.3) is 5.91 Å². The second kappa shape index (κ2) is 9.75. The number of aryl methyl sites for hydroxylation is 1. The molecule has 0 bridgehead atoms. The van der Waals surface area contributed by atoms with Crippen molar-refractivity contribution in [2.45, 2.75) is 75.6 Å². The molecule has 4 rings (SSSR count). The first-order chi connectivity index (χ1) is 16.1. The standard InChI is InChI=1S/C24H35N5O4S/c1-24(2)12-18-29(23(33)17(9-10-34-18)28-22(32)20(25)26-3)19(24)21(31)27-16-6-4-5-13-11-14(30)7-8-15(13)16/h7-8,11,16-20,26,30H,4-6,9-10,12,25H2,1-3H3,(H,27,31)(H,28,32)/t16-,17+,18+,19-,20-/m1/s1. The highest BCUT2D eigenvalue weighted by Gasteiger charge is 2.54. The molecule has 6 N–H and O–H groups in total. The highest BCUT2D eigenvalue weighted by Crippen LogP contribution is 2.46. The number of phenols is 1. The number of nitrogens with one attached hydrogen (secondary N) is 3. The molecule has 2 heterocycles. The highest BCUT2D eigenvalue weighted by atomic mass is 32.2. The second-order valence-electron chi connectivity index (χ2n) is 10.1. The van der Waals surface area contributed by atoms with Gasteiger partial charge in [0.15, 0.2) is 0 Å². The summed E-state index contributed by atoms with van der Waals surface area (Å²) in [4.78, 5) is 41.4. The van der Waals surface area contributed by atoms with Gasteiger partial charge in [0.1, 0.15) is 24.0 Å². The maximum atomic E-state index is 13.7. The van der Waals surface area contributed by atoms with Gasteiger partial charge in [0, 0.05) is 0 Å². The molecule has 2 fully saturated rings. The molecule has 0 unspecified atom stereocenters.